The first kappa shape index (κ1) is 9.38. The lowest BCUT2D eigenvalue weighted by atomic mass is 10.3. The van der Waals surface area contributed by atoms with Crippen LogP contribution in [-0.4, -0.2) is 15.2 Å². The predicted octanol–water partition coefficient (Wildman–Crippen LogP) is 1.34. The Morgan fingerprint density at radius 3 is 2.77 bits per heavy atom. The van der Waals surface area contributed by atoms with Crippen molar-refractivity contribution in [2.45, 2.75) is 13.8 Å². The van der Waals surface area contributed by atoms with Gasteiger partial charge in [-0.25, -0.2) is 5.10 Å². The van der Waals surface area contributed by atoms with E-state index < -0.39 is 0 Å². The number of hydrogen-bond acceptors (Lipinski definition) is 3. The number of nitrogens with zero attached hydrogens (tertiary/aromatic N) is 2. The lowest BCUT2D eigenvalue weighted by Crippen LogP contribution is -2.07. The number of aromatic nitrogens is 3. The van der Waals surface area contributed by atoms with Gasteiger partial charge in [0.2, 0.25) is 0 Å². The molecule has 1 N–H and O–H groups in total. The summed E-state index contributed by atoms with van der Waals surface area (Å²) in [5, 5.41) is 7.36. The zero-order chi connectivity index (χ0) is 9.68. The number of fused-ring (bicyclic) bond motifs is 1. The molecule has 0 radical (unpaired) electrons. The average molecular weight is 177 g/mol. The van der Waals surface area contributed by atoms with E-state index in [1.165, 1.54) is 6.20 Å². The van der Waals surface area contributed by atoms with Gasteiger partial charge >= 0.3 is 0 Å². The number of aromatic amines is 1. The molecule has 0 spiro atoms. The summed E-state index contributed by atoms with van der Waals surface area (Å²) in [5.41, 5.74) is -0.199. The maximum absolute atomic E-state index is 11.0. The molecule has 2 rings (SSSR count). The van der Waals surface area contributed by atoms with Crippen molar-refractivity contribution in [3.05, 3.63) is 35.0 Å². The lowest BCUT2D eigenvalue weighted by molar-refractivity contribution is 1.01. The number of nitrogens with one attached hydrogen (secondary N) is 1. The SMILES string of the molecule is CC.O=c1[nH]ncc2ccncc12. The highest BCUT2D eigenvalue weighted by Crippen LogP contribution is 2.02. The molecule has 0 amide bonds. The molecule has 0 unspecified atom stereocenters. The quantitative estimate of drug-likeness (QED) is 0.660. The van der Waals surface area contributed by atoms with Gasteiger partial charge in [-0.05, 0) is 6.07 Å². The fraction of sp³-hybridized carbons (Fsp3) is 0.222. The van der Waals surface area contributed by atoms with E-state index in [2.05, 4.69) is 15.2 Å². The molecule has 0 aliphatic heterocycles. The van der Waals surface area contributed by atoms with E-state index in [4.69, 9.17) is 0 Å². The van der Waals surface area contributed by atoms with Crippen LogP contribution in [0.15, 0.2) is 29.5 Å². The average Bonchev–Trinajstić information content (AvgIpc) is 2.22. The minimum Gasteiger partial charge on any atom is -0.267 e. The van der Waals surface area contributed by atoms with Gasteiger partial charge in [-0.1, -0.05) is 13.8 Å². The van der Waals surface area contributed by atoms with E-state index in [1.807, 2.05) is 13.8 Å². The van der Waals surface area contributed by atoms with E-state index >= 15 is 0 Å². The number of rotatable bonds is 0. The smallest absolute Gasteiger partial charge is 0.267 e. The molecule has 2 aromatic rings. The first-order valence-electron chi connectivity index (χ1n) is 4.15. The molecule has 4 nitrogen and oxygen atoms in total. The van der Waals surface area contributed by atoms with Crippen molar-refractivity contribution in [2.75, 3.05) is 0 Å². The fourth-order valence-electron chi connectivity index (χ4n) is 0.928. The summed E-state index contributed by atoms with van der Waals surface area (Å²) in [6.45, 7) is 4.00. The van der Waals surface area contributed by atoms with Gasteiger partial charge < -0.3 is 0 Å². The van der Waals surface area contributed by atoms with Crippen molar-refractivity contribution in [1.29, 1.82) is 0 Å². The van der Waals surface area contributed by atoms with Crippen LogP contribution in [0.3, 0.4) is 0 Å². The second kappa shape index (κ2) is 4.35. The molecule has 0 aliphatic carbocycles. The summed E-state index contributed by atoms with van der Waals surface area (Å²) in [4.78, 5) is 14.8. The van der Waals surface area contributed by atoms with E-state index in [0.717, 1.165) is 5.39 Å². The Morgan fingerprint density at radius 1 is 1.31 bits per heavy atom. The molecule has 0 saturated carbocycles. The molecule has 0 saturated heterocycles. The summed E-state index contributed by atoms with van der Waals surface area (Å²) in [6, 6.07) is 1.75. The molecule has 0 bridgehead atoms. The minimum atomic E-state index is -0.199. The van der Waals surface area contributed by atoms with Crippen LogP contribution < -0.4 is 5.56 Å². The molecule has 4 heteroatoms. The fourth-order valence-corrected chi connectivity index (χ4v) is 0.928. The zero-order valence-corrected chi connectivity index (χ0v) is 7.61. The van der Waals surface area contributed by atoms with Crippen molar-refractivity contribution < 1.29 is 0 Å². The standard InChI is InChI=1S/C7H5N3O.C2H6/c11-7-6-4-8-2-1-5(6)3-9-10-7;1-2/h1-4H,(H,10,11);1-2H3. The van der Waals surface area contributed by atoms with Crippen molar-refractivity contribution >= 4 is 10.8 Å². The Bertz CT molecular complexity index is 431. The van der Waals surface area contributed by atoms with Gasteiger partial charge in [-0.2, -0.15) is 5.10 Å². The maximum Gasteiger partial charge on any atom is 0.273 e. The monoisotopic (exact) mass is 177 g/mol. The highest BCUT2D eigenvalue weighted by molar-refractivity contribution is 5.78. The Hall–Kier alpha value is -1.71. The highest BCUT2D eigenvalue weighted by atomic mass is 16.1. The van der Waals surface area contributed by atoms with Gasteiger partial charge in [0.1, 0.15) is 0 Å². The van der Waals surface area contributed by atoms with E-state index in [-0.39, 0.29) is 5.56 Å². The van der Waals surface area contributed by atoms with E-state index in [1.54, 1.807) is 18.5 Å². The predicted molar refractivity (Wildman–Crippen MR) is 51.5 cm³/mol. The summed E-state index contributed by atoms with van der Waals surface area (Å²) in [7, 11) is 0. The van der Waals surface area contributed by atoms with Gasteiger partial charge in [-0.3, -0.25) is 9.78 Å². The maximum atomic E-state index is 11.0. The topological polar surface area (TPSA) is 58.6 Å². The molecule has 0 aromatic carbocycles. The minimum absolute atomic E-state index is 0.199. The van der Waals surface area contributed by atoms with Crippen molar-refractivity contribution in [3.8, 4) is 0 Å². The van der Waals surface area contributed by atoms with Crippen molar-refractivity contribution in [2.24, 2.45) is 0 Å². The molecular formula is C9H11N3O. The van der Waals surface area contributed by atoms with Crippen molar-refractivity contribution in [1.82, 2.24) is 15.2 Å². The summed E-state index contributed by atoms with van der Waals surface area (Å²) in [6.07, 6.45) is 4.75. The first-order valence-corrected chi connectivity index (χ1v) is 4.15. The Labute approximate surface area is 75.6 Å². The molecule has 0 atom stereocenters. The Kier molecular flexibility index (Phi) is 3.14. The molecule has 0 fully saturated rings. The van der Waals surface area contributed by atoms with Crippen LogP contribution in [0.2, 0.25) is 0 Å². The second-order valence-electron chi connectivity index (χ2n) is 2.16. The molecule has 2 aromatic heterocycles. The largest absolute Gasteiger partial charge is 0.273 e. The van der Waals surface area contributed by atoms with Crippen LogP contribution in [0.4, 0.5) is 0 Å². The number of H-pyrrole nitrogens is 1. The van der Waals surface area contributed by atoms with Crippen LogP contribution in [0.5, 0.6) is 0 Å². The molecule has 68 valence electrons. The van der Waals surface area contributed by atoms with Gasteiger partial charge in [0.05, 0.1) is 11.6 Å². The highest BCUT2D eigenvalue weighted by Gasteiger charge is 1.94. The summed E-state index contributed by atoms with van der Waals surface area (Å²) >= 11 is 0. The van der Waals surface area contributed by atoms with Gasteiger partial charge in [0.25, 0.3) is 5.56 Å². The van der Waals surface area contributed by atoms with Gasteiger partial charge in [0.15, 0.2) is 0 Å². The summed E-state index contributed by atoms with van der Waals surface area (Å²) < 4.78 is 0. The van der Waals surface area contributed by atoms with Crippen LogP contribution >= 0.6 is 0 Å². The molecule has 2 heterocycles. The number of pyridine rings is 1. The third kappa shape index (κ3) is 1.90. The van der Waals surface area contributed by atoms with E-state index in [0.29, 0.717) is 5.39 Å². The number of hydrogen-bond donors (Lipinski definition) is 1. The first-order chi connectivity index (χ1) is 6.38. The van der Waals surface area contributed by atoms with Crippen LogP contribution in [0.25, 0.3) is 10.8 Å². The Morgan fingerprint density at radius 2 is 2.08 bits per heavy atom. The second-order valence-corrected chi connectivity index (χ2v) is 2.16. The Balaban J connectivity index is 0.000000396. The molecule has 13 heavy (non-hydrogen) atoms. The van der Waals surface area contributed by atoms with Crippen LogP contribution in [-0.2, 0) is 0 Å². The molecular weight excluding hydrogens is 166 g/mol. The zero-order valence-electron chi connectivity index (χ0n) is 7.61. The van der Waals surface area contributed by atoms with E-state index in [9.17, 15) is 4.79 Å². The summed E-state index contributed by atoms with van der Waals surface area (Å²) in [5.74, 6) is 0. The third-order valence-electron chi connectivity index (χ3n) is 1.47. The normalized spacial score (nSPS) is 9.08. The van der Waals surface area contributed by atoms with Crippen LogP contribution in [0, 0.1) is 0 Å². The van der Waals surface area contributed by atoms with Gasteiger partial charge in [0, 0.05) is 17.8 Å². The lowest BCUT2D eigenvalue weighted by Gasteiger charge is -1.90. The van der Waals surface area contributed by atoms with Gasteiger partial charge in [-0.15, -0.1) is 0 Å². The molecule has 0 aliphatic rings. The van der Waals surface area contributed by atoms with Crippen molar-refractivity contribution in [3.63, 3.8) is 0 Å². The van der Waals surface area contributed by atoms with Crippen LogP contribution in [0.1, 0.15) is 13.8 Å². The third-order valence-corrected chi connectivity index (χ3v) is 1.47.